The molecule has 0 heterocycles. The van der Waals surface area contributed by atoms with Gasteiger partial charge in [-0.05, 0) is 53.4 Å². The highest BCUT2D eigenvalue weighted by Gasteiger charge is 2.14. The number of carbonyl (C=O) groups is 1. The van der Waals surface area contributed by atoms with E-state index >= 15 is 0 Å². The molecular formula is C20H26N2OS. The van der Waals surface area contributed by atoms with E-state index in [1.807, 2.05) is 31.2 Å². The Hall–Kier alpha value is -2.20. The van der Waals surface area contributed by atoms with Crippen LogP contribution < -0.4 is 10.6 Å². The molecule has 0 radical (unpaired) electrons. The molecule has 2 N–H and O–H groups in total. The minimum absolute atomic E-state index is 0.0578. The van der Waals surface area contributed by atoms with Gasteiger partial charge in [0.15, 0.2) is 5.11 Å². The molecule has 0 fully saturated rings. The number of allylic oxidation sites excluding steroid dienone is 2. The number of thiocarbonyl (C=S) groups is 1. The Morgan fingerprint density at radius 2 is 1.75 bits per heavy atom. The van der Waals surface area contributed by atoms with Crippen molar-refractivity contribution in [2.45, 2.75) is 33.1 Å². The van der Waals surface area contributed by atoms with Crippen LogP contribution in [0.1, 0.15) is 43.6 Å². The third kappa shape index (κ3) is 5.78. The number of nitrogens with one attached hydrogen (secondary N) is 2. The molecule has 0 aliphatic rings. The fourth-order valence-electron chi connectivity index (χ4n) is 2.02. The van der Waals surface area contributed by atoms with Crippen molar-refractivity contribution < 1.29 is 4.79 Å². The Labute approximate surface area is 150 Å². The molecular weight excluding hydrogens is 316 g/mol. The largest absolute Gasteiger partial charge is 0.358 e. The molecule has 1 aromatic rings. The predicted octanol–water partition coefficient (Wildman–Crippen LogP) is 4.28. The number of rotatable bonds is 5. The fourth-order valence-corrected chi connectivity index (χ4v) is 2.19. The molecule has 3 nitrogen and oxygen atoms in total. The first-order chi connectivity index (χ1) is 11.2. The van der Waals surface area contributed by atoms with Gasteiger partial charge >= 0.3 is 0 Å². The summed E-state index contributed by atoms with van der Waals surface area (Å²) in [5.41, 5.74) is 3.82. The van der Waals surface area contributed by atoms with E-state index in [0.29, 0.717) is 12.1 Å². The van der Waals surface area contributed by atoms with Crippen LogP contribution in [0.15, 0.2) is 60.7 Å². The molecule has 0 aliphatic heterocycles. The van der Waals surface area contributed by atoms with E-state index in [1.165, 1.54) is 5.56 Å². The first kappa shape index (κ1) is 19.8. The summed E-state index contributed by atoms with van der Waals surface area (Å²) in [5.74, 6) is -0.225. The van der Waals surface area contributed by atoms with Crippen molar-refractivity contribution in [3.05, 3.63) is 71.8 Å². The lowest BCUT2D eigenvalue weighted by atomic mass is 9.87. The van der Waals surface area contributed by atoms with E-state index in [0.717, 1.165) is 11.1 Å². The maximum Gasteiger partial charge on any atom is 0.257 e. The van der Waals surface area contributed by atoms with Gasteiger partial charge in [-0.1, -0.05) is 58.2 Å². The third-order valence-electron chi connectivity index (χ3n) is 3.74. The van der Waals surface area contributed by atoms with Gasteiger partial charge in [-0.2, -0.15) is 0 Å². The van der Waals surface area contributed by atoms with Crippen molar-refractivity contribution in [3.8, 4) is 0 Å². The minimum Gasteiger partial charge on any atom is -0.358 e. The van der Waals surface area contributed by atoms with Gasteiger partial charge < -0.3 is 5.32 Å². The summed E-state index contributed by atoms with van der Waals surface area (Å²) in [6.07, 6.45) is 3.51. The summed E-state index contributed by atoms with van der Waals surface area (Å²) in [4.78, 5) is 12.2. The lowest BCUT2D eigenvalue weighted by Gasteiger charge is -2.19. The van der Waals surface area contributed by atoms with Gasteiger partial charge in [-0.15, -0.1) is 0 Å². The standard InChI is InChI=1S/C20H26N2OS/c1-7-14(3)15(8-2)13-21-19(24)22-18(23)16-9-11-17(12-10-16)20(4,5)6/h7-12H,1-2,13H2,3-6H3,(H2,21,22,23,24)/b15-14+. The van der Waals surface area contributed by atoms with Crippen molar-refractivity contribution in [3.63, 3.8) is 0 Å². The van der Waals surface area contributed by atoms with E-state index in [1.54, 1.807) is 12.2 Å². The maximum atomic E-state index is 12.2. The summed E-state index contributed by atoms with van der Waals surface area (Å²) in [5, 5.41) is 5.99. The number of amides is 1. The Kier molecular flexibility index (Phi) is 7.11. The lowest BCUT2D eigenvalue weighted by molar-refractivity contribution is 0.0976. The summed E-state index contributed by atoms with van der Waals surface area (Å²) < 4.78 is 0. The molecule has 0 saturated heterocycles. The van der Waals surface area contributed by atoms with Crippen molar-refractivity contribution >= 4 is 23.2 Å². The molecule has 0 aliphatic carbocycles. The molecule has 0 atom stereocenters. The Morgan fingerprint density at radius 3 is 2.21 bits per heavy atom. The van der Waals surface area contributed by atoms with Crippen LogP contribution in [-0.2, 0) is 5.41 Å². The highest BCUT2D eigenvalue weighted by Crippen LogP contribution is 2.22. The molecule has 0 bridgehead atoms. The summed E-state index contributed by atoms with van der Waals surface area (Å²) >= 11 is 5.18. The van der Waals surface area contributed by atoms with Crippen molar-refractivity contribution in [1.82, 2.24) is 10.6 Å². The second-order valence-corrected chi connectivity index (χ2v) is 6.99. The predicted molar refractivity (Wildman–Crippen MR) is 106 cm³/mol. The minimum atomic E-state index is -0.225. The van der Waals surface area contributed by atoms with E-state index in [2.05, 4.69) is 44.6 Å². The highest BCUT2D eigenvalue weighted by molar-refractivity contribution is 7.80. The van der Waals surface area contributed by atoms with Crippen LogP contribution in [0.3, 0.4) is 0 Å². The molecule has 0 spiro atoms. The first-order valence-electron chi connectivity index (χ1n) is 7.83. The second-order valence-electron chi connectivity index (χ2n) is 6.58. The van der Waals surface area contributed by atoms with Crippen LogP contribution in [0.5, 0.6) is 0 Å². The van der Waals surface area contributed by atoms with E-state index in [-0.39, 0.29) is 16.4 Å². The number of hydrogen-bond acceptors (Lipinski definition) is 2. The molecule has 24 heavy (non-hydrogen) atoms. The van der Waals surface area contributed by atoms with Gasteiger partial charge in [-0.25, -0.2) is 0 Å². The van der Waals surface area contributed by atoms with Gasteiger partial charge in [0.2, 0.25) is 0 Å². The maximum absolute atomic E-state index is 12.2. The fraction of sp³-hybridized carbons (Fsp3) is 0.300. The van der Waals surface area contributed by atoms with Gasteiger partial charge in [0.25, 0.3) is 5.91 Å². The van der Waals surface area contributed by atoms with E-state index in [4.69, 9.17) is 12.2 Å². The molecule has 128 valence electrons. The molecule has 0 saturated carbocycles. The Balaban J connectivity index is 2.66. The van der Waals surface area contributed by atoms with E-state index < -0.39 is 0 Å². The quantitative estimate of drug-likeness (QED) is 0.620. The first-order valence-corrected chi connectivity index (χ1v) is 8.24. The normalized spacial score (nSPS) is 12.0. The van der Waals surface area contributed by atoms with Crippen LogP contribution in [0, 0.1) is 0 Å². The van der Waals surface area contributed by atoms with Crippen LogP contribution in [-0.4, -0.2) is 17.6 Å². The van der Waals surface area contributed by atoms with Gasteiger partial charge in [0, 0.05) is 12.1 Å². The molecule has 0 unspecified atom stereocenters. The lowest BCUT2D eigenvalue weighted by Crippen LogP contribution is -2.40. The van der Waals surface area contributed by atoms with Gasteiger partial charge in [-0.3, -0.25) is 10.1 Å². The second kappa shape index (κ2) is 8.60. The van der Waals surface area contributed by atoms with Crippen LogP contribution in [0.4, 0.5) is 0 Å². The average Bonchev–Trinajstić information content (AvgIpc) is 2.54. The van der Waals surface area contributed by atoms with Crippen LogP contribution >= 0.6 is 12.2 Å². The summed E-state index contributed by atoms with van der Waals surface area (Å²) in [6.45, 7) is 16.3. The number of benzene rings is 1. The Morgan fingerprint density at radius 1 is 1.17 bits per heavy atom. The van der Waals surface area contributed by atoms with E-state index in [9.17, 15) is 4.79 Å². The molecule has 4 heteroatoms. The average molecular weight is 343 g/mol. The molecule has 1 rings (SSSR count). The van der Waals surface area contributed by atoms with Crippen molar-refractivity contribution in [2.75, 3.05) is 6.54 Å². The van der Waals surface area contributed by atoms with Crippen molar-refractivity contribution in [1.29, 1.82) is 0 Å². The smallest absolute Gasteiger partial charge is 0.257 e. The van der Waals surface area contributed by atoms with Crippen LogP contribution in [0.25, 0.3) is 0 Å². The summed E-state index contributed by atoms with van der Waals surface area (Å²) in [6, 6.07) is 7.57. The van der Waals surface area contributed by atoms with Crippen molar-refractivity contribution in [2.24, 2.45) is 0 Å². The molecule has 1 amide bonds. The van der Waals surface area contributed by atoms with Gasteiger partial charge in [0.05, 0.1) is 0 Å². The van der Waals surface area contributed by atoms with Crippen LogP contribution in [0.2, 0.25) is 0 Å². The topological polar surface area (TPSA) is 41.1 Å². The Bertz CT molecular complexity index is 664. The zero-order valence-corrected chi connectivity index (χ0v) is 15.7. The SMILES string of the molecule is C=C/C(C)=C(\C=C)CNC(=S)NC(=O)c1ccc(C(C)(C)C)cc1. The third-order valence-corrected chi connectivity index (χ3v) is 3.99. The molecule has 1 aromatic carbocycles. The zero-order chi connectivity index (χ0) is 18.3. The number of carbonyl (C=O) groups excluding carboxylic acids is 1. The monoisotopic (exact) mass is 342 g/mol. The highest BCUT2D eigenvalue weighted by atomic mass is 32.1. The zero-order valence-electron chi connectivity index (χ0n) is 14.9. The number of hydrogen-bond donors (Lipinski definition) is 2. The summed E-state index contributed by atoms with van der Waals surface area (Å²) in [7, 11) is 0. The molecule has 0 aromatic heterocycles. The van der Waals surface area contributed by atoms with Gasteiger partial charge in [0.1, 0.15) is 0 Å².